The van der Waals surface area contributed by atoms with Crippen molar-refractivity contribution in [1.82, 2.24) is 61.1 Å². The first-order chi connectivity index (χ1) is 44.1. The number of fused-ring (bicyclic) bond motifs is 16. The fourth-order valence-corrected chi connectivity index (χ4v) is 15.6. The van der Waals surface area contributed by atoms with Gasteiger partial charge in [-0.05, 0) is 42.3 Å². The first-order valence-electron chi connectivity index (χ1n) is 28.2. The minimum Gasteiger partial charge on any atom is -0.508 e. The number of hydrogen-bond donors (Lipinski definition) is 13. The molecule has 7 aromatic heterocycles. The number of aromatic nitrogens is 7. The lowest BCUT2D eigenvalue weighted by Crippen LogP contribution is -2.50. The number of carbonyl (C=O) groups is 6. The van der Waals surface area contributed by atoms with Crippen LogP contribution in [0.25, 0.3) is 43.4 Å². The van der Waals surface area contributed by atoms with Gasteiger partial charge >= 0.3 is 0 Å². The van der Waals surface area contributed by atoms with E-state index >= 15 is 4.79 Å². The Bertz CT molecular complexity index is 4190. The molecule has 2 aliphatic rings. The number of hydrogen-bond acceptors (Lipinski definition) is 27. The number of nitrogens with one attached hydrogen (secondary N) is 4. The predicted molar refractivity (Wildman–Crippen MR) is 339 cm³/mol. The molecule has 1 saturated heterocycles. The number of nitrogens with zero attached hydrogens (tertiary/aromatic N) is 8. The average molecular weight is 1360 g/mol. The topological polar surface area (TPSA) is 432 Å². The maximum Gasteiger partial charge on any atom is 0.271 e. The molecule has 9 aromatic rings. The Balaban J connectivity index is 0.980. The number of nitrogens with two attached hydrogens (primary N) is 1. The van der Waals surface area contributed by atoms with E-state index in [2.05, 4.69) is 36.2 Å². The number of primary amides is 1. The van der Waals surface area contributed by atoms with Crippen molar-refractivity contribution in [3.63, 3.8) is 0 Å². The summed E-state index contributed by atoms with van der Waals surface area (Å²) in [5.41, 5.74) is 7.92. The van der Waals surface area contributed by atoms with Crippen LogP contribution in [0.3, 0.4) is 0 Å². The number of pyridine rings is 1. The van der Waals surface area contributed by atoms with E-state index in [0.29, 0.717) is 48.0 Å². The van der Waals surface area contributed by atoms with Crippen LogP contribution in [0, 0.1) is 12.8 Å². The summed E-state index contributed by atoms with van der Waals surface area (Å²) in [4.78, 5) is 120. The number of aliphatic hydroxyl groups excluding tert-OH is 7. The predicted octanol–water partition coefficient (Wildman–Crippen LogP) is 3.45. The summed E-state index contributed by atoms with van der Waals surface area (Å²) in [5, 5.41) is 104. The van der Waals surface area contributed by atoms with Crippen LogP contribution in [0.2, 0.25) is 0 Å². The zero-order valence-electron chi connectivity index (χ0n) is 48.3. The second-order valence-corrected chi connectivity index (χ2v) is 27.2. The van der Waals surface area contributed by atoms with Gasteiger partial charge in [0, 0.05) is 62.8 Å². The van der Waals surface area contributed by atoms with Crippen LogP contribution >= 0.6 is 68.0 Å². The molecule has 2 aromatic carbocycles. The van der Waals surface area contributed by atoms with Crippen LogP contribution in [-0.4, -0.2) is 172 Å². The number of aryl methyl sites for hydroxylation is 1. The first-order valence-corrected chi connectivity index (χ1v) is 33.4. The Labute approximate surface area is 546 Å². The van der Waals surface area contributed by atoms with Gasteiger partial charge in [-0.25, -0.2) is 34.9 Å². The minimum absolute atomic E-state index is 0.0241. The average Bonchev–Trinajstić information content (AvgIpc) is 1.99. The third-order valence-electron chi connectivity index (χ3n) is 15.2. The maximum absolute atomic E-state index is 15.2. The molecule has 27 nitrogen and oxygen atoms in total. The van der Waals surface area contributed by atoms with Gasteiger partial charge in [-0.1, -0.05) is 49.4 Å². The third-order valence-corrected chi connectivity index (χ3v) is 20.8. The van der Waals surface area contributed by atoms with Crippen molar-refractivity contribution in [2.45, 2.75) is 87.5 Å². The Morgan fingerprint density at radius 1 is 0.663 bits per heavy atom. The van der Waals surface area contributed by atoms with E-state index in [1.165, 1.54) is 55.8 Å². The van der Waals surface area contributed by atoms with Crippen LogP contribution in [-0.2, 0) is 16.0 Å². The van der Waals surface area contributed by atoms with E-state index in [1.807, 2.05) is 0 Å². The fraction of sp³-hybridized carbons (Fsp3) is 0.305. The molecular weight excluding hydrogens is 1310 g/mol. The smallest absolute Gasteiger partial charge is 0.271 e. The van der Waals surface area contributed by atoms with Crippen molar-refractivity contribution < 1.29 is 69.6 Å². The van der Waals surface area contributed by atoms with Crippen molar-refractivity contribution in [3.8, 4) is 49.1 Å². The molecule has 0 spiro atoms. The number of rotatable bonds is 14. The highest BCUT2D eigenvalue weighted by atomic mass is 32.1. The molecule has 1 fully saturated rings. The molecule has 9 heterocycles. The Kier molecular flexibility index (Phi) is 19.8. The summed E-state index contributed by atoms with van der Waals surface area (Å²) in [7, 11) is 0. The van der Waals surface area contributed by atoms with Crippen molar-refractivity contribution in [1.29, 1.82) is 0 Å². The second kappa shape index (κ2) is 27.9. The van der Waals surface area contributed by atoms with Crippen LogP contribution in [0.1, 0.15) is 111 Å². The SMILES string of the molecule is Cc1sc2nc1C(=O)N[C@@H]([C@H](O)c1ccccc1)c1nc(cs1)C(=O)N[C@@H](Cc1ccc(O)cc1)C(=O)N1C[C@H](O)[C@H](C)[C@H]1c1nc(cs1)-c1nc(cs1)-c1nc(-c3nc(C(=O)NC[C@@H](O)[C@H](O)[C@@H](O)[C@@H](O)CO)cs3)ccc1-c1nc(cs1)C(=O)N[C@H]2CC(N)=O. The molecule has 2 aliphatic heterocycles. The van der Waals surface area contributed by atoms with Gasteiger partial charge in [0.2, 0.25) is 11.8 Å². The van der Waals surface area contributed by atoms with Gasteiger partial charge in [0.15, 0.2) is 0 Å². The molecule has 14 N–H and O–H groups in total. The van der Waals surface area contributed by atoms with Gasteiger partial charge in [-0.15, -0.1) is 68.0 Å². The molecule has 478 valence electrons. The number of aliphatic hydroxyl groups is 7. The van der Waals surface area contributed by atoms with Gasteiger partial charge in [0.1, 0.15) is 112 Å². The maximum atomic E-state index is 15.2. The zero-order valence-corrected chi connectivity index (χ0v) is 53.2. The molecule has 33 heteroatoms. The molecule has 0 unspecified atom stereocenters. The molecule has 11 atom stereocenters. The number of benzene rings is 2. The molecular formula is C59H57N13O14S6. The van der Waals surface area contributed by atoms with Crippen molar-refractivity contribution in [2.75, 3.05) is 19.7 Å². The quantitative estimate of drug-likeness (QED) is 0.0741. The number of thiazole rings is 6. The summed E-state index contributed by atoms with van der Waals surface area (Å²) in [5.74, 6) is -5.00. The van der Waals surface area contributed by atoms with E-state index in [4.69, 9.17) is 30.8 Å². The van der Waals surface area contributed by atoms with E-state index < -0.39 is 122 Å². The van der Waals surface area contributed by atoms with Crippen LogP contribution in [0.5, 0.6) is 5.75 Å². The lowest BCUT2D eigenvalue weighted by Gasteiger charge is -2.29. The molecule has 11 rings (SSSR count). The highest BCUT2D eigenvalue weighted by Crippen LogP contribution is 2.43. The van der Waals surface area contributed by atoms with Gasteiger partial charge in [-0.3, -0.25) is 28.8 Å². The lowest BCUT2D eigenvalue weighted by molar-refractivity contribution is -0.134. The lowest BCUT2D eigenvalue weighted by atomic mass is 10.00. The highest BCUT2D eigenvalue weighted by Gasteiger charge is 2.46. The summed E-state index contributed by atoms with van der Waals surface area (Å²) < 4.78 is 0. The van der Waals surface area contributed by atoms with Crippen molar-refractivity contribution >= 4 is 103 Å². The number of carbonyl (C=O) groups excluding carboxylic acids is 6. The summed E-state index contributed by atoms with van der Waals surface area (Å²) in [6.07, 6.45) is -10.3. The molecule has 92 heavy (non-hydrogen) atoms. The number of amides is 6. The monoisotopic (exact) mass is 1360 g/mol. The molecule has 10 bridgehead atoms. The first kappa shape index (κ1) is 65.2. The van der Waals surface area contributed by atoms with Crippen LogP contribution < -0.4 is 27.0 Å². The normalized spacial score (nSPS) is 20.4. The number of phenols is 1. The van der Waals surface area contributed by atoms with Gasteiger partial charge in [0.25, 0.3) is 23.6 Å². The highest BCUT2D eigenvalue weighted by molar-refractivity contribution is 7.15. The molecule has 0 aliphatic carbocycles. The molecule has 0 saturated carbocycles. The van der Waals surface area contributed by atoms with Gasteiger partial charge < -0.3 is 72.8 Å². The van der Waals surface area contributed by atoms with Gasteiger partial charge in [0.05, 0.1) is 43.0 Å². The molecule has 6 amide bonds. The Morgan fingerprint density at radius 2 is 1.29 bits per heavy atom. The van der Waals surface area contributed by atoms with Crippen molar-refractivity contribution in [3.05, 3.63) is 147 Å². The summed E-state index contributed by atoms with van der Waals surface area (Å²) >= 11 is 6.56. The van der Waals surface area contributed by atoms with Crippen LogP contribution in [0.4, 0.5) is 0 Å². The van der Waals surface area contributed by atoms with Gasteiger partial charge in [-0.2, -0.15) is 0 Å². The van der Waals surface area contributed by atoms with E-state index in [9.17, 15) is 59.7 Å². The summed E-state index contributed by atoms with van der Waals surface area (Å²) in [6, 6.07) is 13.3. The number of aromatic hydroxyl groups is 1. The number of phenolic OH excluding ortho intramolecular Hbond substituents is 1. The fourth-order valence-electron chi connectivity index (χ4n) is 10.3. The van der Waals surface area contributed by atoms with Crippen LogP contribution in [0.15, 0.2) is 93.6 Å². The van der Waals surface area contributed by atoms with Crippen molar-refractivity contribution in [2.24, 2.45) is 11.7 Å². The summed E-state index contributed by atoms with van der Waals surface area (Å²) in [6.45, 7) is 1.82. The minimum atomic E-state index is -1.92. The van der Waals surface area contributed by atoms with E-state index in [0.717, 1.165) is 45.3 Å². The standard InChI is InChI=1S/C59H57N13O14S6/c1-24-39(76)17-72-45(24)58-69-37(23-91-58)55-65-33(19-88-55)43-29(12-13-30(62-43)54-67-34(20-89-54)49(82)61-16-38(75)47(80)48(81)40(77)18-73)53-66-35(21-87-53)50(83)63-31(15-41(60)78)56-71-42(25(2)92-56)52(85)70-44(46(79)27-6-4-3-5-7-27)57-68-36(22-90-57)51(84)64-32(59(72)86)14-26-8-10-28(74)11-9-26/h3-13,19-24,31-32,38-40,44-48,73-77,79-81H,14-18H2,1-2H3,(H2,60,78)(H,61,82)(H,63,83)(H,64,84)(H,70,85)/t24-,31-,32-,38+,39-,40-,44-,45-,46+,47-,48-/m0/s1. The molecule has 0 radical (unpaired) electrons. The Morgan fingerprint density at radius 3 is 2.03 bits per heavy atom. The third kappa shape index (κ3) is 14.0. The van der Waals surface area contributed by atoms with E-state index in [-0.39, 0.29) is 67.9 Å². The largest absolute Gasteiger partial charge is 0.508 e. The Hall–Kier alpha value is -8.29. The van der Waals surface area contributed by atoms with E-state index in [1.54, 1.807) is 79.2 Å². The zero-order chi connectivity index (χ0) is 65.2. The second-order valence-electron chi connectivity index (χ2n) is 21.6.